The zero-order chi connectivity index (χ0) is 14.7. The van der Waals surface area contributed by atoms with E-state index in [1.54, 1.807) is 0 Å². The van der Waals surface area contributed by atoms with Crippen LogP contribution >= 0.6 is 11.6 Å². The molecule has 20 heavy (non-hydrogen) atoms. The molecule has 8 nitrogen and oxygen atoms in total. The highest BCUT2D eigenvalue weighted by atomic mass is 35.5. The minimum absolute atomic E-state index is 0.0215. The van der Waals surface area contributed by atoms with Gasteiger partial charge in [-0.3, -0.25) is 14.9 Å². The Morgan fingerprint density at radius 2 is 2.20 bits per heavy atom. The van der Waals surface area contributed by atoms with Gasteiger partial charge in [-0.2, -0.15) is 0 Å². The normalized spacial score (nSPS) is 10.4. The minimum atomic E-state index is -1.01. The van der Waals surface area contributed by atoms with Gasteiger partial charge in [0.15, 0.2) is 0 Å². The summed E-state index contributed by atoms with van der Waals surface area (Å²) >= 11 is 5.92. The quantitative estimate of drug-likeness (QED) is 0.664. The van der Waals surface area contributed by atoms with Crippen LogP contribution in [0.1, 0.15) is 12.3 Å². The summed E-state index contributed by atoms with van der Waals surface area (Å²) in [6.45, 7) is 0. The van der Waals surface area contributed by atoms with Crippen LogP contribution in [0.5, 0.6) is 0 Å². The Balaban J connectivity index is 2.37. The molecule has 1 aromatic heterocycles. The fourth-order valence-electron chi connectivity index (χ4n) is 1.55. The summed E-state index contributed by atoms with van der Waals surface area (Å²) in [5.41, 5.74) is -0.237. The van der Waals surface area contributed by atoms with Gasteiger partial charge in [-0.1, -0.05) is 17.7 Å². The van der Waals surface area contributed by atoms with Gasteiger partial charge in [-0.05, 0) is 6.07 Å². The van der Waals surface area contributed by atoms with Gasteiger partial charge in [0, 0.05) is 12.5 Å². The third-order valence-corrected chi connectivity index (χ3v) is 2.74. The Labute approximate surface area is 117 Å². The number of nitro benzene ring substituents is 1. The molecule has 0 atom stereocenters. The van der Waals surface area contributed by atoms with Gasteiger partial charge in [0.25, 0.3) is 11.6 Å². The van der Waals surface area contributed by atoms with Crippen molar-refractivity contribution in [2.24, 2.45) is 0 Å². The van der Waals surface area contributed by atoms with E-state index in [1.807, 2.05) is 0 Å². The Hall–Kier alpha value is -2.48. The van der Waals surface area contributed by atoms with Crippen molar-refractivity contribution in [2.75, 3.05) is 0 Å². The highest BCUT2D eigenvalue weighted by Gasteiger charge is 2.23. The summed E-state index contributed by atoms with van der Waals surface area (Å²) in [6, 6.07) is 4.17. The van der Waals surface area contributed by atoms with E-state index in [2.05, 4.69) is 10.2 Å². The first kappa shape index (κ1) is 13.9. The van der Waals surface area contributed by atoms with Crippen molar-refractivity contribution in [2.45, 2.75) is 12.8 Å². The monoisotopic (exact) mass is 297 g/mol. The third kappa shape index (κ3) is 2.91. The molecule has 0 amide bonds. The number of hydrogen-bond donors (Lipinski definition) is 1. The number of aliphatic carboxylic acids is 1. The van der Waals surface area contributed by atoms with E-state index in [0.29, 0.717) is 0 Å². The lowest BCUT2D eigenvalue weighted by Gasteiger charge is -2.00. The molecule has 104 valence electrons. The number of carbonyl (C=O) groups is 1. The molecule has 1 heterocycles. The Bertz CT molecular complexity index is 670. The second-order valence-corrected chi connectivity index (χ2v) is 4.19. The maximum absolute atomic E-state index is 10.9. The van der Waals surface area contributed by atoms with E-state index in [1.165, 1.54) is 18.2 Å². The first-order valence-electron chi connectivity index (χ1n) is 5.46. The molecule has 0 aliphatic carbocycles. The largest absolute Gasteiger partial charge is 0.481 e. The highest BCUT2D eigenvalue weighted by molar-refractivity contribution is 6.33. The van der Waals surface area contributed by atoms with E-state index in [0.717, 1.165) is 0 Å². The van der Waals surface area contributed by atoms with E-state index in [-0.39, 0.29) is 40.9 Å². The van der Waals surface area contributed by atoms with Crippen molar-refractivity contribution in [3.63, 3.8) is 0 Å². The first-order chi connectivity index (χ1) is 9.49. The number of rotatable bonds is 5. The minimum Gasteiger partial charge on any atom is -0.481 e. The van der Waals surface area contributed by atoms with Crippen molar-refractivity contribution < 1.29 is 19.2 Å². The predicted octanol–water partition coefficient (Wildman–Crippen LogP) is 2.32. The van der Waals surface area contributed by atoms with Crippen molar-refractivity contribution >= 4 is 23.3 Å². The first-order valence-corrected chi connectivity index (χ1v) is 5.84. The smallest absolute Gasteiger partial charge is 0.303 e. The molecule has 0 aliphatic heterocycles. The van der Waals surface area contributed by atoms with Gasteiger partial charge in [-0.15, -0.1) is 10.2 Å². The highest BCUT2D eigenvalue weighted by Crippen LogP contribution is 2.35. The van der Waals surface area contributed by atoms with E-state index < -0.39 is 10.9 Å². The Morgan fingerprint density at radius 1 is 1.45 bits per heavy atom. The average Bonchev–Trinajstić information content (AvgIpc) is 2.84. The van der Waals surface area contributed by atoms with E-state index in [4.69, 9.17) is 21.1 Å². The molecule has 2 aromatic rings. The van der Waals surface area contributed by atoms with Crippen molar-refractivity contribution in [1.29, 1.82) is 0 Å². The molecule has 0 aliphatic rings. The fourth-order valence-corrected chi connectivity index (χ4v) is 1.80. The number of benzene rings is 1. The number of carboxylic acids is 1. The molecule has 2 rings (SSSR count). The standard InChI is InChI=1S/C11H8ClN3O5/c12-6-2-1-3-7(15(18)19)10(6)11-14-13-8(20-11)4-5-9(16)17/h1-3H,4-5H2,(H,16,17). The summed E-state index contributed by atoms with van der Waals surface area (Å²) in [5, 5.41) is 26.9. The SMILES string of the molecule is O=C(O)CCc1nnc(-c2c(Cl)cccc2[N+](=O)[O-])o1. The number of halogens is 1. The molecule has 0 spiro atoms. The van der Waals surface area contributed by atoms with Crippen molar-refractivity contribution in [3.8, 4) is 11.5 Å². The van der Waals surface area contributed by atoms with Crippen LogP contribution in [0, 0.1) is 10.1 Å². The molecular weight excluding hydrogens is 290 g/mol. The maximum Gasteiger partial charge on any atom is 0.303 e. The second-order valence-electron chi connectivity index (χ2n) is 3.79. The van der Waals surface area contributed by atoms with Crippen LogP contribution in [0.3, 0.4) is 0 Å². The van der Waals surface area contributed by atoms with Crippen LogP contribution in [0.25, 0.3) is 11.5 Å². The molecule has 0 saturated carbocycles. The second kappa shape index (κ2) is 5.66. The van der Waals surface area contributed by atoms with E-state index in [9.17, 15) is 14.9 Å². The van der Waals surface area contributed by atoms with Gasteiger partial charge < -0.3 is 9.52 Å². The van der Waals surface area contributed by atoms with Crippen LogP contribution in [-0.4, -0.2) is 26.2 Å². The summed E-state index contributed by atoms with van der Waals surface area (Å²) in [5.74, 6) is -1.03. The van der Waals surface area contributed by atoms with Gasteiger partial charge in [0.05, 0.1) is 16.4 Å². The maximum atomic E-state index is 10.9. The number of nitro groups is 1. The molecule has 0 fully saturated rings. The van der Waals surface area contributed by atoms with Crippen LogP contribution in [0.15, 0.2) is 22.6 Å². The number of carboxylic acid groups (broad SMARTS) is 1. The van der Waals surface area contributed by atoms with Crippen molar-refractivity contribution in [1.82, 2.24) is 10.2 Å². The topological polar surface area (TPSA) is 119 Å². The molecule has 0 radical (unpaired) electrons. The zero-order valence-electron chi connectivity index (χ0n) is 9.95. The van der Waals surface area contributed by atoms with Crippen LogP contribution in [-0.2, 0) is 11.2 Å². The molecule has 1 aromatic carbocycles. The van der Waals surface area contributed by atoms with Gasteiger partial charge in [0.2, 0.25) is 5.89 Å². The van der Waals surface area contributed by atoms with Crippen LogP contribution in [0.4, 0.5) is 5.69 Å². The van der Waals surface area contributed by atoms with Gasteiger partial charge in [-0.25, -0.2) is 0 Å². The molecule has 1 N–H and O–H groups in total. The molecule has 0 saturated heterocycles. The number of aryl methyl sites for hydroxylation is 1. The summed E-state index contributed by atoms with van der Waals surface area (Å²) in [6.07, 6.45) is -0.132. The van der Waals surface area contributed by atoms with E-state index >= 15 is 0 Å². The summed E-state index contributed by atoms with van der Waals surface area (Å²) in [4.78, 5) is 20.8. The Kier molecular flexibility index (Phi) is 3.94. The lowest BCUT2D eigenvalue weighted by atomic mass is 10.2. The van der Waals surface area contributed by atoms with Gasteiger partial charge in [0.1, 0.15) is 5.56 Å². The summed E-state index contributed by atoms with van der Waals surface area (Å²) in [7, 11) is 0. The molecule has 0 unspecified atom stereocenters. The lowest BCUT2D eigenvalue weighted by molar-refractivity contribution is -0.384. The van der Waals surface area contributed by atoms with Crippen molar-refractivity contribution in [3.05, 3.63) is 39.2 Å². The molecular formula is C11H8ClN3O5. The summed E-state index contributed by atoms with van der Waals surface area (Å²) < 4.78 is 5.22. The molecule has 0 bridgehead atoms. The number of hydrogen-bond acceptors (Lipinski definition) is 6. The fraction of sp³-hybridized carbons (Fsp3) is 0.182. The third-order valence-electron chi connectivity index (χ3n) is 2.42. The zero-order valence-corrected chi connectivity index (χ0v) is 10.7. The molecule has 9 heteroatoms. The lowest BCUT2D eigenvalue weighted by Crippen LogP contribution is -1.97. The van der Waals surface area contributed by atoms with Crippen LogP contribution in [0.2, 0.25) is 5.02 Å². The average molecular weight is 298 g/mol. The number of nitrogens with zero attached hydrogens (tertiary/aromatic N) is 3. The predicted molar refractivity (Wildman–Crippen MR) is 67.4 cm³/mol. The van der Waals surface area contributed by atoms with Crippen LogP contribution < -0.4 is 0 Å². The Morgan fingerprint density at radius 3 is 2.85 bits per heavy atom. The number of aromatic nitrogens is 2. The van der Waals surface area contributed by atoms with Gasteiger partial charge >= 0.3 is 5.97 Å².